The van der Waals surface area contributed by atoms with Crippen molar-refractivity contribution in [2.75, 3.05) is 0 Å². The molecule has 0 aliphatic carbocycles. The molecule has 0 aromatic carbocycles. The van der Waals surface area contributed by atoms with E-state index < -0.39 is 0 Å². The van der Waals surface area contributed by atoms with Crippen LogP contribution in [0, 0.1) is 6.54 Å². The van der Waals surface area contributed by atoms with E-state index in [0.29, 0.717) is 12.1 Å². The normalized spacial score (nSPS) is 10.8. The summed E-state index contributed by atoms with van der Waals surface area (Å²) < 4.78 is 0. The fourth-order valence-corrected chi connectivity index (χ4v) is 1.19. The molecule has 0 aromatic rings. The molecule has 0 unspecified atom stereocenters. The van der Waals surface area contributed by atoms with Crippen molar-refractivity contribution in [3.63, 3.8) is 0 Å². The number of nitrogens with zero attached hydrogens (tertiary/aromatic N) is 1. The second-order valence-electron chi connectivity index (χ2n) is 2.89. The van der Waals surface area contributed by atoms with E-state index in [1.807, 2.05) is 0 Å². The maximum atomic E-state index is 2.33. The predicted molar refractivity (Wildman–Crippen MR) is 42.1 cm³/mol. The van der Waals surface area contributed by atoms with E-state index in [2.05, 4.69) is 46.1 Å². The molecule has 0 bridgehead atoms. The first-order valence-corrected chi connectivity index (χ1v) is 3.66. The average Bonchev–Trinajstić information content (AvgIpc) is 1.64. The smallest absolute Gasteiger partial charge is 0.452 e. The molecule has 0 aliphatic heterocycles. The minimum Gasteiger partial charge on any atom is -0.452 e. The molecule has 0 atom stereocenters. The van der Waals surface area contributed by atoms with Crippen LogP contribution >= 0.6 is 0 Å². The van der Waals surface area contributed by atoms with Gasteiger partial charge in [0.25, 0.3) is 0 Å². The molecule has 0 radical (unpaired) electrons. The largest absolute Gasteiger partial charge is 1.00 e. The van der Waals surface area contributed by atoms with Crippen molar-refractivity contribution in [1.82, 2.24) is 4.90 Å². The molecule has 0 spiro atoms. The standard InChI is InChI=1S/C8H18N.Li/c1-6-9(7(2)3)8(4)5;/h6-8H,1-5H3;/q-1;+1. The van der Waals surface area contributed by atoms with Crippen LogP contribution in [-0.4, -0.2) is 17.0 Å². The zero-order valence-corrected chi connectivity index (χ0v) is 8.18. The quantitative estimate of drug-likeness (QED) is 0.365. The fourth-order valence-electron chi connectivity index (χ4n) is 1.19. The Kier molecular flexibility index (Phi) is 8.27. The Bertz CT molecular complexity index is 63.7. The van der Waals surface area contributed by atoms with Crippen molar-refractivity contribution in [2.45, 2.75) is 46.7 Å². The minimum atomic E-state index is 0. The maximum Gasteiger partial charge on any atom is 1.00 e. The second kappa shape index (κ2) is 6.28. The molecule has 0 N–H and O–H groups in total. The van der Waals surface area contributed by atoms with Crippen LogP contribution in [0.1, 0.15) is 34.6 Å². The zero-order valence-electron chi connectivity index (χ0n) is 8.18. The van der Waals surface area contributed by atoms with Crippen molar-refractivity contribution in [1.29, 1.82) is 0 Å². The Morgan fingerprint density at radius 3 is 1.30 bits per heavy atom. The van der Waals surface area contributed by atoms with Gasteiger partial charge in [-0.1, -0.05) is 27.7 Å². The van der Waals surface area contributed by atoms with Gasteiger partial charge in [0.2, 0.25) is 0 Å². The summed E-state index contributed by atoms with van der Waals surface area (Å²) in [5.74, 6) is 0. The van der Waals surface area contributed by atoms with Gasteiger partial charge in [0.15, 0.2) is 0 Å². The van der Waals surface area contributed by atoms with Crippen molar-refractivity contribution in [3.8, 4) is 0 Å². The first kappa shape index (κ1) is 13.2. The fraction of sp³-hybridized carbons (Fsp3) is 0.875. The second-order valence-corrected chi connectivity index (χ2v) is 2.89. The molecular weight excluding hydrogens is 117 g/mol. The van der Waals surface area contributed by atoms with Crippen molar-refractivity contribution in [2.24, 2.45) is 0 Å². The number of rotatable bonds is 3. The first-order valence-electron chi connectivity index (χ1n) is 3.66. The molecule has 0 saturated carbocycles. The summed E-state index contributed by atoms with van der Waals surface area (Å²) in [5.41, 5.74) is 0. The molecular formula is C8H18LiN. The Morgan fingerprint density at radius 1 is 1.00 bits per heavy atom. The van der Waals surface area contributed by atoms with Gasteiger partial charge >= 0.3 is 18.9 Å². The third-order valence-corrected chi connectivity index (χ3v) is 1.49. The molecule has 56 valence electrons. The van der Waals surface area contributed by atoms with Crippen LogP contribution in [-0.2, 0) is 0 Å². The van der Waals surface area contributed by atoms with Gasteiger partial charge < -0.3 is 4.90 Å². The van der Waals surface area contributed by atoms with E-state index in [1.54, 1.807) is 0 Å². The maximum absolute atomic E-state index is 2.33. The molecule has 0 rings (SSSR count). The van der Waals surface area contributed by atoms with Gasteiger partial charge in [-0.05, 0) is 12.1 Å². The van der Waals surface area contributed by atoms with Crippen LogP contribution in [0.5, 0.6) is 0 Å². The van der Waals surface area contributed by atoms with Gasteiger partial charge in [0.1, 0.15) is 0 Å². The summed E-state index contributed by atoms with van der Waals surface area (Å²) in [6.45, 7) is 13.1. The van der Waals surface area contributed by atoms with Gasteiger partial charge in [0.05, 0.1) is 0 Å². The predicted octanol–water partition coefficient (Wildman–Crippen LogP) is -0.709. The number of hydrogen-bond donors (Lipinski definition) is 0. The molecule has 0 aromatic heterocycles. The van der Waals surface area contributed by atoms with Gasteiger partial charge in [-0.2, -0.15) is 6.92 Å². The van der Waals surface area contributed by atoms with Crippen LogP contribution < -0.4 is 18.9 Å². The Hall–Kier alpha value is 0.557. The summed E-state index contributed by atoms with van der Waals surface area (Å²) >= 11 is 0. The number of hydrogen-bond acceptors (Lipinski definition) is 1. The van der Waals surface area contributed by atoms with Gasteiger partial charge in [-0.15, -0.1) is 0 Å². The van der Waals surface area contributed by atoms with E-state index in [0.717, 1.165) is 0 Å². The van der Waals surface area contributed by atoms with Gasteiger partial charge in [-0.3, -0.25) is 6.54 Å². The Balaban J connectivity index is 0. The minimum absolute atomic E-state index is 0. The van der Waals surface area contributed by atoms with Crippen LogP contribution in [0.15, 0.2) is 0 Å². The molecule has 0 heterocycles. The Labute approximate surface area is 77.4 Å². The zero-order chi connectivity index (χ0) is 7.44. The topological polar surface area (TPSA) is 3.24 Å². The van der Waals surface area contributed by atoms with Gasteiger partial charge in [0, 0.05) is 0 Å². The average molecular weight is 135 g/mol. The van der Waals surface area contributed by atoms with Crippen molar-refractivity contribution in [3.05, 3.63) is 6.54 Å². The molecule has 1 nitrogen and oxygen atoms in total. The summed E-state index contributed by atoms with van der Waals surface area (Å²) in [6, 6.07) is 1.27. The van der Waals surface area contributed by atoms with Gasteiger partial charge in [-0.25, -0.2) is 0 Å². The molecule has 10 heavy (non-hydrogen) atoms. The van der Waals surface area contributed by atoms with E-state index in [1.165, 1.54) is 0 Å². The van der Waals surface area contributed by atoms with Crippen molar-refractivity contribution >= 4 is 0 Å². The third kappa shape index (κ3) is 4.39. The van der Waals surface area contributed by atoms with Crippen LogP contribution in [0.3, 0.4) is 0 Å². The van der Waals surface area contributed by atoms with Crippen molar-refractivity contribution < 1.29 is 18.9 Å². The summed E-state index contributed by atoms with van der Waals surface area (Å²) in [4.78, 5) is 2.33. The van der Waals surface area contributed by atoms with Crippen LogP contribution in [0.25, 0.3) is 0 Å². The summed E-state index contributed by atoms with van der Waals surface area (Å²) in [6.07, 6.45) is 0. The van der Waals surface area contributed by atoms with E-state index in [9.17, 15) is 0 Å². The molecule has 0 aliphatic rings. The van der Waals surface area contributed by atoms with Crippen LogP contribution in [0.2, 0.25) is 0 Å². The first-order chi connectivity index (χ1) is 4.09. The third-order valence-electron chi connectivity index (χ3n) is 1.49. The van der Waals surface area contributed by atoms with E-state index in [4.69, 9.17) is 0 Å². The summed E-state index contributed by atoms with van der Waals surface area (Å²) in [7, 11) is 0. The van der Waals surface area contributed by atoms with E-state index in [-0.39, 0.29) is 18.9 Å². The molecule has 2 heteroatoms. The SMILES string of the molecule is C[CH-]N(C(C)C)C(C)C.[Li+]. The van der Waals surface area contributed by atoms with E-state index >= 15 is 0 Å². The monoisotopic (exact) mass is 135 g/mol. The molecule has 0 amide bonds. The Morgan fingerprint density at radius 2 is 1.30 bits per heavy atom. The summed E-state index contributed by atoms with van der Waals surface area (Å²) in [5, 5.41) is 0. The van der Waals surface area contributed by atoms with Crippen LogP contribution in [0.4, 0.5) is 0 Å². The molecule has 0 fully saturated rings. The molecule has 0 saturated heterocycles.